The third kappa shape index (κ3) is 7.87. The van der Waals surface area contributed by atoms with Crippen molar-refractivity contribution >= 4 is 29.9 Å². The first kappa shape index (κ1) is 25.2. The molecule has 3 unspecified atom stereocenters. The second kappa shape index (κ2) is 12.6. The standard InChI is InChI=1S/C22H38N4O.HI/c1-5-22(4,17-27)16-24-21(23-6-2)25-20-12-13-26(18(3)14-20)15-19-10-8-7-9-11-19;/h7-11,18,20,27H,5-6,12-17H2,1-4H3,(H2,23,24,25);1H. The number of rotatable bonds is 8. The number of aliphatic hydroxyl groups is 1. The molecule has 6 heteroatoms. The highest BCUT2D eigenvalue weighted by atomic mass is 127. The van der Waals surface area contributed by atoms with Gasteiger partial charge in [-0.25, -0.2) is 0 Å². The van der Waals surface area contributed by atoms with Crippen LogP contribution in [-0.2, 0) is 6.54 Å². The minimum atomic E-state index is -0.144. The van der Waals surface area contributed by atoms with Crippen molar-refractivity contribution in [2.45, 2.75) is 65.6 Å². The molecule has 1 fully saturated rings. The molecule has 160 valence electrons. The lowest BCUT2D eigenvalue weighted by molar-refractivity contribution is 0.134. The molecule has 28 heavy (non-hydrogen) atoms. The van der Waals surface area contributed by atoms with E-state index in [4.69, 9.17) is 4.99 Å². The van der Waals surface area contributed by atoms with E-state index in [9.17, 15) is 5.11 Å². The van der Waals surface area contributed by atoms with Gasteiger partial charge in [-0.2, -0.15) is 0 Å². The van der Waals surface area contributed by atoms with Crippen LogP contribution in [0.25, 0.3) is 0 Å². The second-order valence-electron chi connectivity index (χ2n) is 8.19. The van der Waals surface area contributed by atoms with Gasteiger partial charge in [0.05, 0.1) is 13.2 Å². The predicted molar refractivity (Wildman–Crippen MR) is 129 cm³/mol. The monoisotopic (exact) mass is 502 g/mol. The van der Waals surface area contributed by atoms with Crippen LogP contribution in [0.5, 0.6) is 0 Å². The van der Waals surface area contributed by atoms with Crippen molar-refractivity contribution in [2.75, 3.05) is 26.2 Å². The van der Waals surface area contributed by atoms with Gasteiger partial charge >= 0.3 is 0 Å². The molecule has 0 amide bonds. The average molecular weight is 502 g/mol. The van der Waals surface area contributed by atoms with E-state index in [-0.39, 0.29) is 36.0 Å². The van der Waals surface area contributed by atoms with Crippen LogP contribution >= 0.6 is 24.0 Å². The van der Waals surface area contributed by atoms with Gasteiger partial charge in [0.2, 0.25) is 0 Å². The molecule has 0 spiro atoms. The van der Waals surface area contributed by atoms with Gasteiger partial charge in [0.25, 0.3) is 0 Å². The first-order chi connectivity index (χ1) is 13.0. The normalized spacial score (nSPS) is 22.8. The third-order valence-electron chi connectivity index (χ3n) is 5.78. The Morgan fingerprint density at radius 2 is 2.00 bits per heavy atom. The van der Waals surface area contributed by atoms with Crippen molar-refractivity contribution in [3.63, 3.8) is 0 Å². The van der Waals surface area contributed by atoms with Gasteiger partial charge in [-0.15, -0.1) is 24.0 Å². The lowest BCUT2D eigenvalue weighted by Crippen LogP contribution is -2.51. The van der Waals surface area contributed by atoms with Gasteiger partial charge in [-0.1, -0.05) is 44.2 Å². The zero-order valence-corrected chi connectivity index (χ0v) is 20.3. The van der Waals surface area contributed by atoms with Gasteiger partial charge in [-0.05, 0) is 38.7 Å². The number of nitrogens with one attached hydrogen (secondary N) is 2. The molecule has 1 saturated heterocycles. The zero-order chi connectivity index (χ0) is 19.7. The maximum atomic E-state index is 9.62. The minimum Gasteiger partial charge on any atom is -0.396 e. The Kier molecular flexibility index (Phi) is 11.4. The number of aliphatic imine (C=N–C) groups is 1. The Bertz CT molecular complexity index is 577. The second-order valence-corrected chi connectivity index (χ2v) is 8.19. The van der Waals surface area contributed by atoms with E-state index >= 15 is 0 Å². The van der Waals surface area contributed by atoms with Gasteiger partial charge in [-0.3, -0.25) is 9.89 Å². The van der Waals surface area contributed by atoms with Gasteiger partial charge < -0.3 is 15.7 Å². The first-order valence-corrected chi connectivity index (χ1v) is 10.4. The zero-order valence-electron chi connectivity index (χ0n) is 17.9. The van der Waals surface area contributed by atoms with E-state index in [1.54, 1.807) is 0 Å². The Balaban J connectivity index is 0.00000392. The van der Waals surface area contributed by atoms with Crippen molar-refractivity contribution in [3.05, 3.63) is 35.9 Å². The lowest BCUT2D eigenvalue weighted by Gasteiger charge is -2.38. The maximum absolute atomic E-state index is 9.62. The Hall–Kier alpha value is -0.860. The number of piperidine rings is 1. The highest BCUT2D eigenvalue weighted by molar-refractivity contribution is 14.0. The summed E-state index contributed by atoms with van der Waals surface area (Å²) in [6.45, 7) is 12.4. The number of nitrogens with zero attached hydrogens (tertiary/aromatic N) is 2. The lowest BCUT2D eigenvalue weighted by atomic mass is 9.89. The summed E-state index contributed by atoms with van der Waals surface area (Å²) in [6.07, 6.45) is 3.15. The van der Waals surface area contributed by atoms with E-state index in [1.165, 1.54) is 5.56 Å². The molecule has 0 aromatic heterocycles. The fourth-order valence-corrected chi connectivity index (χ4v) is 3.46. The quantitative estimate of drug-likeness (QED) is 0.289. The summed E-state index contributed by atoms with van der Waals surface area (Å²) in [5, 5.41) is 16.6. The highest BCUT2D eigenvalue weighted by Gasteiger charge is 2.26. The number of hydrogen-bond acceptors (Lipinski definition) is 3. The molecule has 1 aromatic rings. The molecule has 3 N–H and O–H groups in total. The first-order valence-electron chi connectivity index (χ1n) is 10.4. The van der Waals surface area contributed by atoms with Crippen LogP contribution in [0.4, 0.5) is 0 Å². The molecule has 0 aliphatic carbocycles. The number of aliphatic hydroxyl groups excluding tert-OH is 1. The van der Waals surface area contributed by atoms with Crippen molar-refractivity contribution in [2.24, 2.45) is 10.4 Å². The molecule has 1 aliphatic heterocycles. The number of guanidine groups is 1. The number of benzene rings is 1. The summed E-state index contributed by atoms with van der Waals surface area (Å²) >= 11 is 0. The summed E-state index contributed by atoms with van der Waals surface area (Å²) in [6, 6.07) is 11.7. The Morgan fingerprint density at radius 1 is 1.29 bits per heavy atom. The van der Waals surface area contributed by atoms with E-state index in [0.717, 1.165) is 44.9 Å². The fraction of sp³-hybridized carbons (Fsp3) is 0.682. The SMILES string of the molecule is CCNC(=NCC(C)(CC)CO)NC1CCN(Cc2ccccc2)C(C)C1.I. The molecule has 1 heterocycles. The molecule has 1 aliphatic rings. The average Bonchev–Trinajstić information content (AvgIpc) is 2.69. The van der Waals surface area contributed by atoms with E-state index in [1.807, 2.05) is 0 Å². The maximum Gasteiger partial charge on any atom is 0.191 e. The number of hydrogen-bond donors (Lipinski definition) is 3. The van der Waals surface area contributed by atoms with Crippen LogP contribution in [0.15, 0.2) is 35.3 Å². The molecular weight excluding hydrogens is 463 g/mol. The van der Waals surface area contributed by atoms with Crippen molar-refractivity contribution in [3.8, 4) is 0 Å². The van der Waals surface area contributed by atoms with Crippen molar-refractivity contribution in [1.29, 1.82) is 0 Å². The summed E-state index contributed by atoms with van der Waals surface area (Å²) in [4.78, 5) is 7.32. The summed E-state index contributed by atoms with van der Waals surface area (Å²) < 4.78 is 0. The molecule has 1 aromatic carbocycles. The van der Waals surface area contributed by atoms with E-state index in [0.29, 0.717) is 18.6 Å². The number of likely N-dealkylation sites (tertiary alicyclic amines) is 1. The fourth-order valence-electron chi connectivity index (χ4n) is 3.46. The summed E-state index contributed by atoms with van der Waals surface area (Å²) in [5.74, 6) is 0.874. The van der Waals surface area contributed by atoms with Crippen LogP contribution in [0, 0.1) is 5.41 Å². The van der Waals surface area contributed by atoms with Gasteiger partial charge in [0.15, 0.2) is 5.96 Å². The summed E-state index contributed by atoms with van der Waals surface area (Å²) in [5.41, 5.74) is 1.24. The minimum absolute atomic E-state index is 0. The van der Waals surface area contributed by atoms with Crippen molar-refractivity contribution in [1.82, 2.24) is 15.5 Å². The predicted octanol–water partition coefficient (Wildman–Crippen LogP) is 3.62. The largest absolute Gasteiger partial charge is 0.396 e. The summed E-state index contributed by atoms with van der Waals surface area (Å²) in [7, 11) is 0. The Labute approximate surface area is 188 Å². The molecule has 3 atom stereocenters. The molecule has 0 radical (unpaired) electrons. The smallest absolute Gasteiger partial charge is 0.191 e. The van der Waals surface area contributed by atoms with Crippen LogP contribution in [0.3, 0.4) is 0 Å². The molecule has 0 bridgehead atoms. The van der Waals surface area contributed by atoms with Crippen molar-refractivity contribution < 1.29 is 5.11 Å². The van der Waals surface area contributed by atoms with Crippen LogP contribution < -0.4 is 10.6 Å². The molecule has 2 rings (SSSR count). The third-order valence-corrected chi connectivity index (χ3v) is 5.78. The Morgan fingerprint density at radius 3 is 2.57 bits per heavy atom. The van der Waals surface area contributed by atoms with E-state index in [2.05, 4.69) is 73.6 Å². The molecule has 5 nitrogen and oxygen atoms in total. The number of halogens is 1. The van der Waals surface area contributed by atoms with Crippen LogP contribution in [0.1, 0.15) is 52.5 Å². The highest BCUT2D eigenvalue weighted by Crippen LogP contribution is 2.21. The van der Waals surface area contributed by atoms with E-state index < -0.39 is 0 Å². The topological polar surface area (TPSA) is 59.9 Å². The van der Waals surface area contributed by atoms with Crippen LogP contribution in [-0.4, -0.2) is 54.3 Å². The van der Waals surface area contributed by atoms with Gasteiger partial charge in [0.1, 0.15) is 0 Å². The van der Waals surface area contributed by atoms with Crippen LogP contribution in [0.2, 0.25) is 0 Å². The molecule has 0 saturated carbocycles. The van der Waals surface area contributed by atoms with Gasteiger partial charge in [0, 0.05) is 37.1 Å². The molecular formula is C22H39IN4O.